The highest BCUT2D eigenvalue weighted by Gasteiger charge is 2.29. The van der Waals surface area contributed by atoms with Crippen LogP contribution in [0.1, 0.15) is 12.0 Å². The SMILES string of the molecule is C1=CCC2Oc3cc(-c4nc(-c5ccc6c(ccc7ccc8ccccc8c76)c5)nc(-c5ccc6c(c5)oc5ccccc56)n4)ccc3C2=C1. The van der Waals surface area contributed by atoms with Gasteiger partial charge in [0.25, 0.3) is 0 Å². The van der Waals surface area contributed by atoms with Gasteiger partial charge in [-0.25, -0.2) is 15.0 Å². The minimum atomic E-state index is 0.0519. The van der Waals surface area contributed by atoms with Crippen LogP contribution in [0.3, 0.4) is 0 Å². The number of rotatable bonds is 3. The van der Waals surface area contributed by atoms with Gasteiger partial charge in [-0.3, -0.25) is 0 Å². The Morgan fingerprint density at radius 1 is 0.520 bits per heavy atom. The summed E-state index contributed by atoms with van der Waals surface area (Å²) in [5.74, 6) is 2.64. The van der Waals surface area contributed by atoms with Crippen LogP contribution in [-0.2, 0) is 0 Å². The Bertz CT molecular complexity index is 2950. The van der Waals surface area contributed by atoms with E-state index in [0.29, 0.717) is 17.5 Å². The van der Waals surface area contributed by atoms with E-state index in [-0.39, 0.29) is 6.10 Å². The first-order valence-corrected chi connectivity index (χ1v) is 16.9. The molecule has 5 nitrogen and oxygen atoms in total. The number of aromatic nitrogens is 3. The molecule has 9 aromatic rings. The van der Waals surface area contributed by atoms with Gasteiger partial charge in [-0.15, -0.1) is 0 Å². The van der Waals surface area contributed by atoms with Crippen LogP contribution in [-0.4, -0.2) is 21.1 Å². The predicted octanol–water partition coefficient (Wildman–Crippen LogP) is 11.3. The van der Waals surface area contributed by atoms with E-state index in [1.54, 1.807) is 0 Å². The van der Waals surface area contributed by atoms with Gasteiger partial charge in [0.05, 0.1) is 0 Å². The molecule has 0 amide bonds. The molecule has 3 heterocycles. The van der Waals surface area contributed by atoms with Gasteiger partial charge in [0.1, 0.15) is 23.0 Å². The van der Waals surface area contributed by atoms with E-state index in [4.69, 9.17) is 24.1 Å². The smallest absolute Gasteiger partial charge is 0.164 e. The lowest BCUT2D eigenvalue weighted by Gasteiger charge is -2.12. The second-order valence-electron chi connectivity index (χ2n) is 13.1. The summed E-state index contributed by atoms with van der Waals surface area (Å²) in [4.78, 5) is 15.3. The number of hydrogen-bond donors (Lipinski definition) is 0. The van der Waals surface area contributed by atoms with Crippen molar-refractivity contribution in [2.24, 2.45) is 0 Å². The number of fused-ring (bicyclic) bond motifs is 11. The molecule has 0 N–H and O–H groups in total. The van der Waals surface area contributed by atoms with Crippen molar-refractivity contribution < 1.29 is 9.15 Å². The number of benzene rings is 7. The van der Waals surface area contributed by atoms with Gasteiger partial charge in [0.15, 0.2) is 17.5 Å². The zero-order chi connectivity index (χ0) is 32.8. The lowest BCUT2D eigenvalue weighted by Crippen LogP contribution is -2.12. The van der Waals surface area contributed by atoms with Crippen molar-refractivity contribution in [3.05, 3.63) is 151 Å². The zero-order valence-corrected chi connectivity index (χ0v) is 26.8. The molecule has 0 fully saturated rings. The van der Waals surface area contributed by atoms with Gasteiger partial charge in [-0.2, -0.15) is 0 Å². The summed E-state index contributed by atoms with van der Waals surface area (Å²) in [6, 6.07) is 44.5. The maximum atomic E-state index is 6.39. The largest absolute Gasteiger partial charge is 0.485 e. The standard InChI is InChI=1S/C45H27N3O2/c1-2-8-32-26(7-1)13-14-27-15-16-28-23-29(17-20-33(28)42(27)32)43-46-44(30-18-21-36-34-9-3-5-11-38(34)49-40(36)24-30)48-45(47-43)31-19-22-37-35-10-4-6-12-39(35)50-41(37)25-31/h1-11,13-25,39H,12H2. The molecule has 2 aromatic heterocycles. The molecule has 2 aliphatic rings. The molecular formula is C45H27N3O2. The van der Waals surface area contributed by atoms with Gasteiger partial charge >= 0.3 is 0 Å². The maximum Gasteiger partial charge on any atom is 0.164 e. The topological polar surface area (TPSA) is 61.0 Å². The van der Waals surface area contributed by atoms with Crippen molar-refractivity contribution in [2.75, 3.05) is 0 Å². The van der Waals surface area contributed by atoms with Gasteiger partial charge in [-0.1, -0.05) is 115 Å². The minimum Gasteiger partial charge on any atom is -0.485 e. The summed E-state index contributed by atoms with van der Waals surface area (Å²) in [6.45, 7) is 0. The molecule has 1 atom stereocenters. The third-order valence-corrected chi connectivity index (χ3v) is 10.2. The van der Waals surface area contributed by atoms with Crippen molar-refractivity contribution in [1.82, 2.24) is 15.0 Å². The fourth-order valence-electron chi connectivity index (χ4n) is 7.74. The van der Waals surface area contributed by atoms with Crippen molar-refractivity contribution >= 4 is 59.8 Å². The third kappa shape index (κ3) is 4.17. The van der Waals surface area contributed by atoms with Crippen LogP contribution in [0.25, 0.3) is 94.0 Å². The number of allylic oxidation sites excluding steroid dienone is 2. The number of ether oxygens (including phenoxy) is 1. The summed E-state index contributed by atoms with van der Waals surface area (Å²) in [5, 5.41) is 9.45. The summed E-state index contributed by atoms with van der Waals surface area (Å²) < 4.78 is 12.6. The number of nitrogens with zero attached hydrogens (tertiary/aromatic N) is 3. The molecule has 1 unspecified atom stereocenters. The average Bonchev–Trinajstić information content (AvgIpc) is 3.74. The Morgan fingerprint density at radius 2 is 1.16 bits per heavy atom. The monoisotopic (exact) mass is 641 g/mol. The van der Waals surface area contributed by atoms with Gasteiger partial charge in [0.2, 0.25) is 0 Å². The molecule has 0 radical (unpaired) electrons. The van der Waals surface area contributed by atoms with Crippen molar-refractivity contribution in [3.8, 4) is 39.9 Å². The molecule has 0 spiro atoms. The van der Waals surface area contributed by atoms with Crippen molar-refractivity contribution in [1.29, 1.82) is 0 Å². The molecule has 50 heavy (non-hydrogen) atoms. The highest BCUT2D eigenvalue weighted by molar-refractivity contribution is 6.20. The van der Waals surface area contributed by atoms with Crippen LogP contribution >= 0.6 is 0 Å². The Morgan fingerprint density at radius 3 is 2.02 bits per heavy atom. The second kappa shape index (κ2) is 10.5. The Kier molecular flexibility index (Phi) is 5.72. The Hall–Kier alpha value is -6.59. The van der Waals surface area contributed by atoms with Crippen LogP contribution in [0.5, 0.6) is 5.75 Å². The van der Waals surface area contributed by atoms with Crippen LogP contribution in [0.15, 0.2) is 150 Å². The molecule has 5 heteroatoms. The lowest BCUT2D eigenvalue weighted by molar-refractivity contribution is 0.279. The quantitative estimate of drug-likeness (QED) is 0.180. The predicted molar refractivity (Wildman–Crippen MR) is 202 cm³/mol. The first-order chi connectivity index (χ1) is 24.7. The van der Waals surface area contributed by atoms with Crippen LogP contribution in [0.2, 0.25) is 0 Å². The molecule has 0 saturated heterocycles. The minimum absolute atomic E-state index is 0.0519. The van der Waals surface area contributed by atoms with Crippen molar-refractivity contribution in [3.63, 3.8) is 0 Å². The van der Waals surface area contributed by atoms with E-state index in [1.807, 2.05) is 24.3 Å². The third-order valence-electron chi connectivity index (χ3n) is 10.2. The van der Waals surface area contributed by atoms with Gasteiger partial charge < -0.3 is 9.15 Å². The second-order valence-corrected chi connectivity index (χ2v) is 13.1. The zero-order valence-electron chi connectivity index (χ0n) is 26.8. The highest BCUT2D eigenvalue weighted by Crippen LogP contribution is 2.43. The maximum absolute atomic E-state index is 6.39. The van der Waals surface area contributed by atoms with Crippen LogP contribution in [0.4, 0.5) is 0 Å². The molecule has 234 valence electrons. The molecule has 1 aliphatic heterocycles. The highest BCUT2D eigenvalue weighted by atomic mass is 16.5. The number of para-hydroxylation sites is 1. The van der Waals surface area contributed by atoms with E-state index in [1.165, 1.54) is 32.5 Å². The van der Waals surface area contributed by atoms with E-state index < -0.39 is 0 Å². The summed E-state index contributed by atoms with van der Waals surface area (Å²) in [5.41, 5.74) is 6.67. The normalized spacial score (nSPS) is 15.1. The van der Waals surface area contributed by atoms with Crippen molar-refractivity contribution in [2.45, 2.75) is 12.5 Å². The summed E-state index contributed by atoms with van der Waals surface area (Å²) >= 11 is 0. The van der Waals surface area contributed by atoms with Gasteiger partial charge in [-0.05, 0) is 62.6 Å². The first kappa shape index (κ1) is 27.4. The molecule has 0 saturated carbocycles. The molecule has 7 aromatic carbocycles. The first-order valence-electron chi connectivity index (χ1n) is 16.9. The fraction of sp³-hybridized carbons (Fsp3) is 0.0444. The van der Waals surface area contributed by atoms with Crippen LogP contribution < -0.4 is 4.74 Å². The van der Waals surface area contributed by atoms with E-state index in [9.17, 15) is 0 Å². The summed E-state index contributed by atoms with van der Waals surface area (Å²) in [7, 11) is 0. The number of furan rings is 1. The van der Waals surface area contributed by atoms with E-state index >= 15 is 0 Å². The Balaban J connectivity index is 1.10. The average molecular weight is 642 g/mol. The van der Waals surface area contributed by atoms with Gasteiger partial charge in [0, 0.05) is 45.0 Å². The van der Waals surface area contributed by atoms with E-state index in [0.717, 1.165) is 61.7 Å². The fourth-order valence-corrected chi connectivity index (χ4v) is 7.74. The van der Waals surface area contributed by atoms with E-state index in [2.05, 4.69) is 121 Å². The molecule has 11 rings (SSSR count). The number of hydrogen-bond acceptors (Lipinski definition) is 5. The molecule has 1 aliphatic carbocycles. The Labute approximate surface area is 286 Å². The molecule has 0 bridgehead atoms. The molecular weight excluding hydrogens is 615 g/mol. The summed E-state index contributed by atoms with van der Waals surface area (Å²) in [6.07, 6.45) is 7.33. The van der Waals surface area contributed by atoms with Crippen LogP contribution in [0, 0.1) is 0 Å². The lowest BCUT2D eigenvalue weighted by atomic mass is 9.95.